The van der Waals surface area contributed by atoms with Crippen LogP contribution in [0.2, 0.25) is 5.02 Å². The van der Waals surface area contributed by atoms with E-state index < -0.39 is 0 Å². The molecule has 0 bridgehead atoms. The number of methoxy groups -OCH3 is 1. The van der Waals surface area contributed by atoms with E-state index in [4.69, 9.17) is 16.3 Å². The summed E-state index contributed by atoms with van der Waals surface area (Å²) in [4.78, 5) is 14.9. The molecule has 3 rings (SSSR count). The van der Waals surface area contributed by atoms with E-state index in [1.54, 1.807) is 7.11 Å². The van der Waals surface area contributed by atoms with Crippen molar-refractivity contribution in [1.29, 1.82) is 0 Å². The summed E-state index contributed by atoms with van der Waals surface area (Å²) in [5, 5.41) is 3.94. The van der Waals surface area contributed by atoms with Crippen LogP contribution in [0.3, 0.4) is 0 Å². The van der Waals surface area contributed by atoms with Crippen molar-refractivity contribution in [2.24, 2.45) is 0 Å². The second-order valence-electron chi connectivity index (χ2n) is 6.78. The van der Waals surface area contributed by atoms with E-state index in [1.807, 2.05) is 36.4 Å². The van der Waals surface area contributed by atoms with Gasteiger partial charge in [0.2, 0.25) is 0 Å². The highest BCUT2D eigenvalue weighted by Crippen LogP contribution is 2.16. The fraction of sp³-hybridized carbons (Fsp3) is 0.381. The lowest BCUT2D eigenvalue weighted by atomic mass is 10.0. The van der Waals surface area contributed by atoms with E-state index in [0.717, 1.165) is 43.1 Å². The van der Waals surface area contributed by atoms with Gasteiger partial charge in [0.05, 0.1) is 6.61 Å². The zero-order chi connectivity index (χ0) is 18.4. The predicted molar refractivity (Wildman–Crippen MR) is 104 cm³/mol. The molecular weight excluding hydrogens is 348 g/mol. The number of carbonyl (C=O) groups excluding carboxylic acids is 1. The Morgan fingerprint density at radius 1 is 1.15 bits per heavy atom. The van der Waals surface area contributed by atoms with E-state index in [2.05, 4.69) is 22.3 Å². The van der Waals surface area contributed by atoms with Crippen molar-refractivity contribution >= 4 is 17.5 Å². The molecule has 0 aromatic heterocycles. The number of carbonyl (C=O) groups is 1. The molecule has 1 N–H and O–H groups in total. The number of nitrogens with zero attached hydrogens (tertiary/aromatic N) is 1. The molecule has 4 nitrogen and oxygen atoms in total. The SMILES string of the molecule is COCc1cccc(C(=O)NC2CCN(Cc3ccc(Cl)cc3)CC2)c1. The molecule has 0 atom stereocenters. The van der Waals surface area contributed by atoms with Crippen LogP contribution in [0, 0.1) is 0 Å². The molecule has 1 aliphatic heterocycles. The Morgan fingerprint density at radius 3 is 2.58 bits per heavy atom. The van der Waals surface area contributed by atoms with Crippen LogP contribution in [-0.4, -0.2) is 37.0 Å². The molecule has 1 fully saturated rings. The lowest BCUT2D eigenvalue weighted by Crippen LogP contribution is -2.44. The molecule has 2 aromatic carbocycles. The summed E-state index contributed by atoms with van der Waals surface area (Å²) >= 11 is 5.94. The number of rotatable bonds is 6. The Kier molecular flexibility index (Phi) is 6.67. The minimum atomic E-state index is -0.000829. The molecule has 0 saturated carbocycles. The third-order valence-corrected chi connectivity index (χ3v) is 4.99. The average Bonchev–Trinajstić information content (AvgIpc) is 2.66. The smallest absolute Gasteiger partial charge is 0.251 e. The number of hydrogen-bond acceptors (Lipinski definition) is 3. The number of benzene rings is 2. The molecule has 0 aliphatic carbocycles. The zero-order valence-corrected chi connectivity index (χ0v) is 15.8. The molecule has 5 heteroatoms. The van der Waals surface area contributed by atoms with Crippen LogP contribution in [0.4, 0.5) is 0 Å². The first kappa shape index (κ1) is 18.9. The van der Waals surface area contributed by atoms with Crippen LogP contribution in [0.25, 0.3) is 0 Å². The maximum absolute atomic E-state index is 12.5. The van der Waals surface area contributed by atoms with Crippen molar-refractivity contribution in [2.75, 3.05) is 20.2 Å². The highest BCUT2D eigenvalue weighted by atomic mass is 35.5. The van der Waals surface area contributed by atoms with Gasteiger partial charge in [-0.05, 0) is 48.2 Å². The number of amides is 1. The molecule has 1 amide bonds. The molecule has 1 aliphatic rings. The first-order valence-corrected chi connectivity index (χ1v) is 9.37. The summed E-state index contributed by atoms with van der Waals surface area (Å²) in [6.07, 6.45) is 1.94. The van der Waals surface area contributed by atoms with Crippen molar-refractivity contribution in [2.45, 2.75) is 32.0 Å². The van der Waals surface area contributed by atoms with Gasteiger partial charge in [0.1, 0.15) is 0 Å². The molecule has 2 aromatic rings. The van der Waals surface area contributed by atoms with Gasteiger partial charge in [0.25, 0.3) is 5.91 Å². The first-order chi connectivity index (χ1) is 12.6. The third-order valence-electron chi connectivity index (χ3n) is 4.74. The normalized spacial score (nSPS) is 15.8. The third kappa shape index (κ3) is 5.31. The molecule has 0 spiro atoms. The standard InChI is InChI=1S/C21H25ClN2O2/c1-26-15-17-3-2-4-18(13-17)21(25)23-20-9-11-24(12-10-20)14-16-5-7-19(22)8-6-16/h2-8,13,20H,9-12,14-15H2,1H3,(H,23,25). The van der Waals surface area contributed by atoms with Gasteiger partial charge >= 0.3 is 0 Å². The summed E-state index contributed by atoms with van der Waals surface area (Å²) in [6.45, 7) is 3.41. The van der Waals surface area contributed by atoms with Gasteiger partial charge in [-0.2, -0.15) is 0 Å². The number of halogens is 1. The summed E-state index contributed by atoms with van der Waals surface area (Å²) in [6, 6.07) is 15.9. The van der Waals surface area contributed by atoms with Crippen molar-refractivity contribution in [1.82, 2.24) is 10.2 Å². The Labute approximate surface area is 160 Å². The highest BCUT2D eigenvalue weighted by molar-refractivity contribution is 6.30. The van der Waals surface area contributed by atoms with Crippen LogP contribution in [0.5, 0.6) is 0 Å². The Morgan fingerprint density at radius 2 is 1.88 bits per heavy atom. The molecule has 0 radical (unpaired) electrons. The van der Waals surface area contributed by atoms with Gasteiger partial charge in [-0.3, -0.25) is 9.69 Å². The number of likely N-dealkylation sites (tertiary alicyclic amines) is 1. The van der Waals surface area contributed by atoms with Gasteiger partial charge in [-0.25, -0.2) is 0 Å². The number of piperidine rings is 1. The summed E-state index contributed by atoms with van der Waals surface area (Å²) in [5.41, 5.74) is 2.98. The van der Waals surface area contributed by atoms with Gasteiger partial charge in [0, 0.05) is 43.4 Å². The van der Waals surface area contributed by atoms with Gasteiger partial charge in [0.15, 0.2) is 0 Å². The molecule has 26 heavy (non-hydrogen) atoms. The van der Waals surface area contributed by atoms with Crippen LogP contribution in [0.15, 0.2) is 48.5 Å². The second-order valence-corrected chi connectivity index (χ2v) is 7.22. The molecule has 1 saturated heterocycles. The molecule has 138 valence electrons. The van der Waals surface area contributed by atoms with E-state index in [-0.39, 0.29) is 11.9 Å². The number of nitrogens with one attached hydrogen (secondary N) is 1. The van der Waals surface area contributed by atoms with Crippen molar-refractivity contribution in [3.8, 4) is 0 Å². The van der Waals surface area contributed by atoms with E-state index in [0.29, 0.717) is 12.2 Å². The first-order valence-electron chi connectivity index (χ1n) is 8.99. The Balaban J connectivity index is 1.48. The van der Waals surface area contributed by atoms with Crippen LogP contribution in [0.1, 0.15) is 34.3 Å². The average molecular weight is 373 g/mol. The maximum atomic E-state index is 12.5. The van der Waals surface area contributed by atoms with E-state index in [1.165, 1.54) is 5.56 Å². The number of ether oxygens (including phenoxy) is 1. The minimum Gasteiger partial charge on any atom is -0.380 e. The van der Waals surface area contributed by atoms with E-state index >= 15 is 0 Å². The van der Waals surface area contributed by atoms with Crippen molar-refractivity contribution < 1.29 is 9.53 Å². The topological polar surface area (TPSA) is 41.6 Å². The van der Waals surface area contributed by atoms with Crippen molar-refractivity contribution in [3.63, 3.8) is 0 Å². The Bertz CT molecular complexity index is 725. The zero-order valence-electron chi connectivity index (χ0n) is 15.1. The fourth-order valence-corrected chi connectivity index (χ4v) is 3.45. The quantitative estimate of drug-likeness (QED) is 0.836. The molecular formula is C21H25ClN2O2. The Hall–Kier alpha value is -1.88. The highest BCUT2D eigenvalue weighted by Gasteiger charge is 2.21. The van der Waals surface area contributed by atoms with Gasteiger partial charge in [-0.1, -0.05) is 35.9 Å². The van der Waals surface area contributed by atoms with E-state index in [9.17, 15) is 4.79 Å². The molecule has 0 unspecified atom stereocenters. The summed E-state index contributed by atoms with van der Waals surface area (Å²) < 4.78 is 5.14. The maximum Gasteiger partial charge on any atom is 0.251 e. The van der Waals surface area contributed by atoms with Gasteiger partial charge in [-0.15, -0.1) is 0 Å². The summed E-state index contributed by atoms with van der Waals surface area (Å²) in [7, 11) is 1.66. The fourth-order valence-electron chi connectivity index (χ4n) is 3.32. The van der Waals surface area contributed by atoms with Crippen LogP contribution in [-0.2, 0) is 17.9 Å². The summed E-state index contributed by atoms with van der Waals surface area (Å²) in [5.74, 6) is -0.000829. The van der Waals surface area contributed by atoms with Crippen LogP contribution < -0.4 is 5.32 Å². The van der Waals surface area contributed by atoms with Crippen molar-refractivity contribution in [3.05, 3.63) is 70.2 Å². The lowest BCUT2D eigenvalue weighted by Gasteiger charge is -2.32. The monoisotopic (exact) mass is 372 g/mol. The predicted octanol–water partition coefficient (Wildman–Crippen LogP) is 3.88. The minimum absolute atomic E-state index is 0.000829. The number of hydrogen-bond donors (Lipinski definition) is 1. The lowest BCUT2D eigenvalue weighted by molar-refractivity contribution is 0.0908. The largest absolute Gasteiger partial charge is 0.380 e. The van der Waals surface area contributed by atoms with Gasteiger partial charge < -0.3 is 10.1 Å². The van der Waals surface area contributed by atoms with Crippen LogP contribution >= 0.6 is 11.6 Å². The molecule has 1 heterocycles. The second kappa shape index (κ2) is 9.17.